The maximum Gasteiger partial charge on any atom is 0.182 e. The van der Waals surface area contributed by atoms with Crippen molar-refractivity contribution in [2.75, 3.05) is 7.11 Å². The van der Waals surface area contributed by atoms with Gasteiger partial charge in [-0.25, -0.2) is 0 Å². The van der Waals surface area contributed by atoms with Crippen LogP contribution in [0.1, 0.15) is 30.6 Å². The maximum absolute atomic E-state index is 11.9. The van der Waals surface area contributed by atoms with Crippen molar-refractivity contribution in [1.82, 2.24) is 0 Å². The Morgan fingerprint density at radius 2 is 1.93 bits per heavy atom. The second-order valence-corrected chi connectivity index (χ2v) is 3.83. The zero-order valence-corrected chi connectivity index (χ0v) is 9.41. The van der Waals surface area contributed by atoms with E-state index in [-0.39, 0.29) is 5.78 Å². The van der Waals surface area contributed by atoms with Crippen molar-refractivity contribution in [3.8, 4) is 5.75 Å². The van der Waals surface area contributed by atoms with E-state index in [1.165, 1.54) is 0 Å². The molecule has 1 unspecified atom stereocenters. The van der Waals surface area contributed by atoms with Gasteiger partial charge >= 0.3 is 0 Å². The molecule has 0 aliphatic heterocycles. The lowest BCUT2D eigenvalue weighted by Gasteiger charge is -2.20. The van der Waals surface area contributed by atoms with Gasteiger partial charge in [0.05, 0.1) is 12.6 Å². The minimum absolute atomic E-state index is 0.0346. The Morgan fingerprint density at radius 3 is 2.33 bits per heavy atom. The van der Waals surface area contributed by atoms with Gasteiger partial charge in [-0.05, 0) is 37.6 Å². The number of carbonyl (C=O) groups is 1. The molecular weight excluding hydrogens is 190 g/mol. The summed E-state index contributed by atoms with van der Waals surface area (Å²) in [5, 5.41) is 0. The van der Waals surface area contributed by atoms with Gasteiger partial charge < -0.3 is 10.5 Å². The SMILES string of the molecule is CCC(C)(N)C(=O)c1ccc(OC)cc1. The molecule has 1 rings (SSSR count). The van der Waals surface area contributed by atoms with Gasteiger partial charge in [-0.15, -0.1) is 0 Å². The van der Waals surface area contributed by atoms with Gasteiger partial charge in [0, 0.05) is 5.56 Å². The number of hydrogen-bond donors (Lipinski definition) is 1. The number of rotatable bonds is 4. The lowest BCUT2D eigenvalue weighted by Crippen LogP contribution is -2.44. The van der Waals surface area contributed by atoms with Crippen LogP contribution in [0, 0.1) is 0 Å². The molecule has 0 saturated heterocycles. The molecule has 0 spiro atoms. The van der Waals surface area contributed by atoms with Crippen LogP contribution in [0.25, 0.3) is 0 Å². The molecule has 0 aromatic heterocycles. The lowest BCUT2D eigenvalue weighted by atomic mass is 9.90. The highest BCUT2D eigenvalue weighted by Gasteiger charge is 2.26. The van der Waals surface area contributed by atoms with Crippen LogP contribution in [-0.4, -0.2) is 18.4 Å². The summed E-state index contributed by atoms with van der Waals surface area (Å²) >= 11 is 0. The summed E-state index contributed by atoms with van der Waals surface area (Å²) in [6.45, 7) is 3.65. The molecule has 0 amide bonds. The quantitative estimate of drug-likeness (QED) is 0.768. The van der Waals surface area contributed by atoms with Gasteiger partial charge in [-0.3, -0.25) is 4.79 Å². The summed E-state index contributed by atoms with van der Waals surface area (Å²) in [6.07, 6.45) is 0.623. The minimum Gasteiger partial charge on any atom is -0.497 e. The lowest BCUT2D eigenvalue weighted by molar-refractivity contribution is 0.0898. The van der Waals surface area contributed by atoms with Gasteiger partial charge in [0.2, 0.25) is 0 Å². The molecule has 0 fully saturated rings. The zero-order chi connectivity index (χ0) is 11.5. The van der Waals surface area contributed by atoms with Crippen molar-refractivity contribution >= 4 is 5.78 Å². The topological polar surface area (TPSA) is 52.3 Å². The monoisotopic (exact) mass is 207 g/mol. The van der Waals surface area contributed by atoms with Crippen molar-refractivity contribution in [3.05, 3.63) is 29.8 Å². The molecule has 0 heterocycles. The maximum atomic E-state index is 11.9. The van der Waals surface area contributed by atoms with E-state index >= 15 is 0 Å². The number of ether oxygens (including phenoxy) is 1. The van der Waals surface area contributed by atoms with Crippen molar-refractivity contribution in [2.24, 2.45) is 5.73 Å². The van der Waals surface area contributed by atoms with E-state index in [9.17, 15) is 4.79 Å². The third-order valence-electron chi connectivity index (χ3n) is 2.61. The summed E-state index contributed by atoms with van der Waals surface area (Å²) in [7, 11) is 1.59. The normalized spacial score (nSPS) is 14.4. The summed E-state index contributed by atoms with van der Waals surface area (Å²) in [5.41, 5.74) is 5.73. The summed E-state index contributed by atoms with van der Waals surface area (Å²) < 4.78 is 5.02. The Balaban J connectivity index is 2.92. The fraction of sp³-hybridized carbons (Fsp3) is 0.417. The molecule has 1 aromatic carbocycles. The Labute approximate surface area is 90.2 Å². The number of ketones is 1. The van der Waals surface area contributed by atoms with Crippen LogP contribution in [0.15, 0.2) is 24.3 Å². The Kier molecular flexibility index (Phi) is 3.48. The first-order valence-electron chi connectivity index (χ1n) is 4.99. The summed E-state index contributed by atoms with van der Waals surface area (Å²) in [4.78, 5) is 11.9. The van der Waals surface area contributed by atoms with E-state index < -0.39 is 5.54 Å². The first-order chi connectivity index (χ1) is 7.01. The average molecular weight is 207 g/mol. The van der Waals surface area contributed by atoms with Crippen LogP contribution < -0.4 is 10.5 Å². The van der Waals surface area contributed by atoms with Gasteiger partial charge in [0.15, 0.2) is 5.78 Å². The van der Waals surface area contributed by atoms with Crippen LogP contribution >= 0.6 is 0 Å². The van der Waals surface area contributed by atoms with Crippen molar-refractivity contribution in [3.63, 3.8) is 0 Å². The molecular formula is C12H17NO2. The van der Waals surface area contributed by atoms with E-state index in [0.29, 0.717) is 12.0 Å². The van der Waals surface area contributed by atoms with E-state index in [2.05, 4.69) is 0 Å². The molecule has 0 aliphatic carbocycles. The smallest absolute Gasteiger partial charge is 0.182 e. The molecule has 0 radical (unpaired) electrons. The molecule has 0 bridgehead atoms. The first kappa shape index (κ1) is 11.7. The van der Waals surface area contributed by atoms with E-state index in [4.69, 9.17) is 10.5 Å². The van der Waals surface area contributed by atoms with Gasteiger partial charge in [0.1, 0.15) is 5.75 Å². The highest BCUT2D eigenvalue weighted by atomic mass is 16.5. The molecule has 1 aromatic rings. The second kappa shape index (κ2) is 4.45. The zero-order valence-electron chi connectivity index (χ0n) is 9.41. The third-order valence-corrected chi connectivity index (χ3v) is 2.61. The van der Waals surface area contributed by atoms with Crippen LogP contribution in [-0.2, 0) is 0 Å². The predicted octanol–water partition coefficient (Wildman–Crippen LogP) is 2.01. The number of Topliss-reactive ketones (excluding diaryl/α,β-unsaturated/α-hetero) is 1. The highest BCUT2D eigenvalue weighted by Crippen LogP contribution is 2.17. The Bertz CT molecular complexity index is 341. The largest absolute Gasteiger partial charge is 0.497 e. The highest BCUT2D eigenvalue weighted by molar-refractivity contribution is 6.02. The number of methoxy groups -OCH3 is 1. The van der Waals surface area contributed by atoms with Crippen molar-refractivity contribution in [2.45, 2.75) is 25.8 Å². The fourth-order valence-electron chi connectivity index (χ4n) is 1.23. The number of benzene rings is 1. The van der Waals surface area contributed by atoms with Gasteiger partial charge in [0.25, 0.3) is 0 Å². The van der Waals surface area contributed by atoms with Crippen LogP contribution in [0.5, 0.6) is 5.75 Å². The summed E-state index contributed by atoms with van der Waals surface area (Å²) in [6, 6.07) is 7.00. The van der Waals surface area contributed by atoms with Gasteiger partial charge in [-0.2, -0.15) is 0 Å². The molecule has 0 saturated carbocycles. The average Bonchev–Trinajstić information content (AvgIpc) is 2.28. The molecule has 2 N–H and O–H groups in total. The van der Waals surface area contributed by atoms with Crippen LogP contribution in [0.3, 0.4) is 0 Å². The Hall–Kier alpha value is -1.35. The standard InChI is InChI=1S/C12H17NO2/c1-4-12(2,13)11(14)9-5-7-10(15-3)8-6-9/h5-8H,4,13H2,1-3H3. The minimum atomic E-state index is -0.783. The molecule has 1 atom stereocenters. The van der Waals surface area contributed by atoms with E-state index in [1.54, 1.807) is 38.3 Å². The molecule has 82 valence electrons. The molecule has 3 heteroatoms. The number of carbonyl (C=O) groups excluding carboxylic acids is 1. The van der Waals surface area contributed by atoms with Gasteiger partial charge in [-0.1, -0.05) is 6.92 Å². The van der Waals surface area contributed by atoms with Crippen LogP contribution in [0.2, 0.25) is 0 Å². The molecule has 3 nitrogen and oxygen atoms in total. The summed E-state index contributed by atoms with van der Waals surface area (Å²) in [5.74, 6) is 0.703. The predicted molar refractivity (Wildman–Crippen MR) is 60.2 cm³/mol. The Morgan fingerprint density at radius 1 is 1.40 bits per heavy atom. The van der Waals surface area contributed by atoms with Crippen molar-refractivity contribution < 1.29 is 9.53 Å². The first-order valence-corrected chi connectivity index (χ1v) is 4.99. The molecule has 0 aliphatic rings. The fourth-order valence-corrected chi connectivity index (χ4v) is 1.23. The number of hydrogen-bond acceptors (Lipinski definition) is 3. The van der Waals surface area contributed by atoms with Crippen LogP contribution in [0.4, 0.5) is 0 Å². The third kappa shape index (κ3) is 2.57. The molecule has 15 heavy (non-hydrogen) atoms. The number of nitrogens with two attached hydrogens (primary N) is 1. The van der Waals surface area contributed by atoms with E-state index in [1.807, 2.05) is 6.92 Å². The van der Waals surface area contributed by atoms with Crippen molar-refractivity contribution in [1.29, 1.82) is 0 Å². The van der Waals surface area contributed by atoms with E-state index in [0.717, 1.165) is 5.75 Å². The second-order valence-electron chi connectivity index (χ2n) is 3.83.